The fraction of sp³-hybridized carbons (Fsp3) is 0.364. The van der Waals surface area contributed by atoms with Gasteiger partial charge in [-0.15, -0.1) is 0 Å². The van der Waals surface area contributed by atoms with E-state index in [4.69, 9.17) is 32.9 Å². The zero-order valence-corrected chi connectivity index (χ0v) is 19.3. The number of benzene rings is 2. The Morgan fingerprint density at radius 2 is 1.97 bits per heavy atom. The van der Waals surface area contributed by atoms with E-state index in [1.165, 1.54) is 16.9 Å². The van der Waals surface area contributed by atoms with E-state index in [2.05, 4.69) is 30.9 Å². The molecule has 0 N–H and O–H groups in total. The summed E-state index contributed by atoms with van der Waals surface area (Å²) in [6, 6.07) is 9.19. The molecule has 1 aromatic heterocycles. The first-order chi connectivity index (χ1) is 14.4. The van der Waals surface area contributed by atoms with Gasteiger partial charge in [-0.05, 0) is 49.2 Å². The molecule has 2 aromatic carbocycles. The number of fused-ring (bicyclic) bond motifs is 1. The molecule has 4 rings (SSSR count). The zero-order chi connectivity index (χ0) is 21.3. The summed E-state index contributed by atoms with van der Waals surface area (Å²) >= 11 is 13.9. The van der Waals surface area contributed by atoms with Gasteiger partial charge >= 0.3 is 0 Å². The Kier molecular flexibility index (Phi) is 6.60. The molecule has 8 heteroatoms. The van der Waals surface area contributed by atoms with Crippen LogP contribution in [0, 0.1) is 13.8 Å². The molecule has 158 valence electrons. The maximum absolute atomic E-state index is 13.5. The fourth-order valence-corrected chi connectivity index (χ4v) is 5.29. The van der Waals surface area contributed by atoms with Crippen molar-refractivity contribution < 1.29 is 9.53 Å². The molecular formula is C22H23Cl2N3O2S. The van der Waals surface area contributed by atoms with Crippen LogP contribution in [0.5, 0.6) is 0 Å². The van der Waals surface area contributed by atoms with Crippen LogP contribution in [0.15, 0.2) is 30.3 Å². The van der Waals surface area contributed by atoms with Crippen molar-refractivity contribution in [2.24, 2.45) is 0 Å². The first-order valence-electron chi connectivity index (χ1n) is 9.87. The normalized spacial score (nSPS) is 14.9. The Labute approximate surface area is 190 Å². The number of aromatic nitrogens is 1. The van der Waals surface area contributed by atoms with Crippen LogP contribution in [-0.4, -0.2) is 55.2 Å². The average molecular weight is 464 g/mol. The van der Waals surface area contributed by atoms with Crippen molar-refractivity contribution >= 4 is 55.8 Å². The predicted molar refractivity (Wildman–Crippen MR) is 124 cm³/mol. The molecule has 2 heterocycles. The van der Waals surface area contributed by atoms with Gasteiger partial charge in [0.1, 0.15) is 0 Å². The smallest absolute Gasteiger partial charge is 0.261 e. The number of morpholine rings is 1. The number of nitrogens with zero attached hydrogens (tertiary/aromatic N) is 3. The molecule has 1 aliphatic heterocycles. The molecule has 1 saturated heterocycles. The summed E-state index contributed by atoms with van der Waals surface area (Å²) < 4.78 is 6.51. The lowest BCUT2D eigenvalue weighted by Gasteiger charge is -2.29. The highest BCUT2D eigenvalue weighted by Crippen LogP contribution is 2.33. The minimum Gasteiger partial charge on any atom is -0.379 e. The topological polar surface area (TPSA) is 45.7 Å². The van der Waals surface area contributed by atoms with Crippen LogP contribution < -0.4 is 4.90 Å². The standard InChI is InChI=1S/C22H23Cl2N3O2S/c1-14-11-15(2)20-19(12-14)30-22(25-20)27(6-5-26-7-9-29-10-8-26)21(28)17-4-3-16(23)13-18(17)24/h3-4,11-13H,5-10H2,1-2H3. The molecule has 0 unspecified atom stereocenters. The molecule has 3 aromatic rings. The molecule has 1 fully saturated rings. The van der Waals surface area contributed by atoms with Gasteiger partial charge in [-0.2, -0.15) is 0 Å². The molecule has 0 bridgehead atoms. The second-order valence-electron chi connectivity index (χ2n) is 7.46. The van der Waals surface area contributed by atoms with E-state index in [-0.39, 0.29) is 5.91 Å². The van der Waals surface area contributed by atoms with Gasteiger partial charge in [-0.1, -0.05) is 40.6 Å². The second kappa shape index (κ2) is 9.20. The summed E-state index contributed by atoms with van der Waals surface area (Å²) in [6.07, 6.45) is 0. The Balaban J connectivity index is 1.69. The number of anilines is 1. The summed E-state index contributed by atoms with van der Waals surface area (Å²) in [5.74, 6) is -0.168. The lowest BCUT2D eigenvalue weighted by atomic mass is 10.1. The number of carbonyl (C=O) groups is 1. The molecule has 0 aliphatic carbocycles. The number of amides is 1. The molecule has 1 aliphatic rings. The van der Waals surface area contributed by atoms with Crippen molar-refractivity contribution in [2.45, 2.75) is 13.8 Å². The molecule has 30 heavy (non-hydrogen) atoms. The lowest BCUT2D eigenvalue weighted by Crippen LogP contribution is -2.43. The number of halogens is 2. The van der Waals surface area contributed by atoms with E-state index in [1.54, 1.807) is 23.1 Å². The number of aryl methyl sites for hydroxylation is 2. The van der Waals surface area contributed by atoms with Gasteiger partial charge in [0.15, 0.2) is 5.13 Å². The van der Waals surface area contributed by atoms with Gasteiger partial charge < -0.3 is 4.74 Å². The third-order valence-corrected chi connectivity index (χ3v) is 6.77. The number of thiazole rings is 1. The third kappa shape index (κ3) is 4.63. The number of ether oxygens (including phenoxy) is 1. The number of carbonyl (C=O) groups excluding carboxylic acids is 1. The van der Waals surface area contributed by atoms with E-state index >= 15 is 0 Å². The van der Waals surface area contributed by atoms with Crippen LogP contribution in [0.3, 0.4) is 0 Å². The minimum absolute atomic E-state index is 0.168. The summed E-state index contributed by atoms with van der Waals surface area (Å²) in [6.45, 7) is 8.55. The van der Waals surface area contributed by atoms with Crippen LogP contribution in [0.25, 0.3) is 10.2 Å². The SMILES string of the molecule is Cc1cc(C)c2nc(N(CCN3CCOCC3)C(=O)c3ccc(Cl)cc3Cl)sc2c1. The van der Waals surface area contributed by atoms with Gasteiger partial charge in [0.2, 0.25) is 0 Å². The zero-order valence-electron chi connectivity index (χ0n) is 17.0. The number of hydrogen-bond acceptors (Lipinski definition) is 5. The highest BCUT2D eigenvalue weighted by Gasteiger charge is 2.25. The largest absolute Gasteiger partial charge is 0.379 e. The van der Waals surface area contributed by atoms with Gasteiger partial charge in [0.05, 0.1) is 34.0 Å². The minimum atomic E-state index is -0.168. The van der Waals surface area contributed by atoms with E-state index in [0.29, 0.717) is 27.3 Å². The van der Waals surface area contributed by atoms with Crippen LogP contribution >= 0.6 is 34.5 Å². The monoisotopic (exact) mass is 463 g/mol. The van der Waals surface area contributed by atoms with Crippen molar-refractivity contribution in [2.75, 3.05) is 44.3 Å². The van der Waals surface area contributed by atoms with Crippen molar-refractivity contribution in [3.8, 4) is 0 Å². The summed E-state index contributed by atoms with van der Waals surface area (Å²) in [4.78, 5) is 22.4. The number of hydrogen-bond donors (Lipinski definition) is 0. The van der Waals surface area contributed by atoms with Crippen molar-refractivity contribution in [3.05, 3.63) is 57.1 Å². The average Bonchev–Trinajstić information content (AvgIpc) is 3.13. The predicted octanol–water partition coefficient (Wildman–Crippen LogP) is 5.20. The summed E-state index contributed by atoms with van der Waals surface area (Å²) in [7, 11) is 0. The fourth-order valence-electron chi connectivity index (χ4n) is 3.63. The van der Waals surface area contributed by atoms with Crippen LogP contribution in [-0.2, 0) is 4.74 Å². The molecule has 0 atom stereocenters. The molecule has 0 saturated carbocycles. The summed E-state index contributed by atoms with van der Waals surface area (Å²) in [5.41, 5.74) is 3.65. The lowest BCUT2D eigenvalue weighted by molar-refractivity contribution is 0.0391. The van der Waals surface area contributed by atoms with Crippen LogP contribution in [0.1, 0.15) is 21.5 Å². The Morgan fingerprint density at radius 1 is 1.20 bits per heavy atom. The van der Waals surface area contributed by atoms with E-state index in [1.807, 2.05) is 0 Å². The maximum Gasteiger partial charge on any atom is 0.261 e. The van der Waals surface area contributed by atoms with Crippen molar-refractivity contribution in [1.29, 1.82) is 0 Å². The van der Waals surface area contributed by atoms with Gasteiger partial charge in [-0.25, -0.2) is 4.98 Å². The van der Waals surface area contributed by atoms with Crippen molar-refractivity contribution in [1.82, 2.24) is 9.88 Å². The Bertz CT molecular complexity index is 1080. The maximum atomic E-state index is 13.5. The van der Waals surface area contributed by atoms with Crippen molar-refractivity contribution in [3.63, 3.8) is 0 Å². The number of rotatable bonds is 5. The Morgan fingerprint density at radius 3 is 2.70 bits per heavy atom. The van der Waals surface area contributed by atoms with E-state index in [9.17, 15) is 4.79 Å². The highest BCUT2D eigenvalue weighted by atomic mass is 35.5. The first-order valence-corrected chi connectivity index (χ1v) is 11.4. The van der Waals surface area contributed by atoms with Gasteiger partial charge in [-0.3, -0.25) is 14.6 Å². The van der Waals surface area contributed by atoms with Crippen LogP contribution in [0.2, 0.25) is 10.0 Å². The second-order valence-corrected chi connectivity index (χ2v) is 9.31. The molecule has 0 spiro atoms. The van der Waals surface area contributed by atoms with E-state index < -0.39 is 0 Å². The summed E-state index contributed by atoms with van der Waals surface area (Å²) in [5, 5.41) is 1.53. The molecular weight excluding hydrogens is 441 g/mol. The van der Waals surface area contributed by atoms with E-state index in [0.717, 1.165) is 48.6 Å². The molecule has 5 nitrogen and oxygen atoms in total. The highest BCUT2D eigenvalue weighted by molar-refractivity contribution is 7.22. The first kappa shape index (κ1) is 21.5. The Hall–Kier alpha value is -1.70. The van der Waals surface area contributed by atoms with Crippen LogP contribution in [0.4, 0.5) is 5.13 Å². The van der Waals surface area contributed by atoms with Gasteiger partial charge in [0.25, 0.3) is 5.91 Å². The quantitative estimate of drug-likeness (QED) is 0.521. The van der Waals surface area contributed by atoms with Gasteiger partial charge in [0, 0.05) is 31.2 Å². The molecule has 0 radical (unpaired) electrons. The third-order valence-electron chi connectivity index (χ3n) is 5.20. The molecule has 1 amide bonds.